The molecule has 0 amide bonds. The molecule has 1 aliphatic rings. The van der Waals surface area contributed by atoms with Gasteiger partial charge in [-0.15, -0.1) is 0 Å². The van der Waals surface area contributed by atoms with Crippen molar-refractivity contribution in [1.82, 2.24) is 0 Å². The molecule has 2 aromatic heterocycles. The van der Waals surface area contributed by atoms with Crippen molar-refractivity contribution in [2.24, 2.45) is 0 Å². The number of benzene rings is 3. The molecule has 5 aromatic rings. The van der Waals surface area contributed by atoms with Crippen molar-refractivity contribution in [3.05, 3.63) is 96.4 Å². The van der Waals surface area contributed by atoms with Crippen molar-refractivity contribution in [2.75, 3.05) is 0 Å². The molecule has 0 saturated heterocycles. The van der Waals surface area contributed by atoms with Crippen molar-refractivity contribution < 1.29 is 13.6 Å². The summed E-state index contributed by atoms with van der Waals surface area (Å²) in [6.07, 6.45) is 8.31. The Morgan fingerprint density at radius 2 is 1.52 bits per heavy atom. The largest absolute Gasteiger partial charge is 0.434 e. The normalized spacial score (nSPS) is 15.3. The Morgan fingerprint density at radius 1 is 0.774 bits per heavy atom. The van der Waals surface area contributed by atoms with E-state index in [0.717, 1.165) is 5.92 Å². The second-order valence-electron chi connectivity index (χ2n) is 7.98. The van der Waals surface area contributed by atoms with E-state index in [0.29, 0.717) is 11.9 Å². The first-order valence-corrected chi connectivity index (χ1v) is 11.0. The van der Waals surface area contributed by atoms with Gasteiger partial charge in [0.25, 0.3) is 11.9 Å². The van der Waals surface area contributed by atoms with Crippen LogP contribution >= 0.6 is 0 Å². The number of hydrogen-bond donors (Lipinski definition) is 0. The molecular formula is C28H26O3. The van der Waals surface area contributed by atoms with E-state index < -0.39 is 0 Å². The molecular weight excluding hydrogens is 384 g/mol. The molecule has 0 aliphatic heterocycles. The molecule has 3 heteroatoms. The zero-order valence-corrected chi connectivity index (χ0v) is 17.7. The maximum absolute atomic E-state index is 5.12. The van der Waals surface area contributed by atoms with Gasteiger partial charge in [0.1, 0.15) is 0 Å². The molecule has 0 fully saturated rings. The summed E-state index contributed by atoms with van der Waals surface area (Å²) in [5, 5.41) is 5.66. The Labute approximate surface area is 182 Å². The quantitative estimate of drug-likeness (QED) is 0.280. The monoisotopic (exact) mass is 410 g/mol. The van der Waals surface area contributed by atoms with Gasteiger partial charge in [-0.05, 0) is 76.4 Å². The molecule has 1 atom stereocenters. The van der Waals surface area contributed by atoms with Gasteiger partial charge in [-0.25, -0.2) is 0 Å². The molecule has 0 N–H and O–H groups in total. The van der Waals surface area contributed by atoms with Gasteiger partial charge in [0.2, 0.25) is 0 Å². The molecule has 1 unspecified atom stereocenters. The van der Waals surface area contributed by atoms with Crippen molar-refractivity contribution in [2.45, 2.75) is 38.5 Å². The van der Waals surface area contributed by atoms with Crippen LogP contribution in [0.5, 0.6) is 11.9 Å². The predicted octanol–water partition coefficient (Wildman–Crippen LogP) is 8.49. The predicted molar refractivity (Wildman–Crippen MR) is 125 cm³/mol. The fourth-order valence-corrected chi connectivity index (χ4v) is 4.68. The topological polar surface area (TPSA) is 35.5 Å². The van der Waals surface area contributed by atoms with Crippen LogP contribution in [0.1, 0.15) is 43.2 Å². The molecule has 31 heavy (non-hydrogen) atoms. The van der Waals surface area contributed by atoms with Gasteiger partial charge < -0.3 is 13.6 Å². The summed E-state index contributed by atoms with van der Waals surface area (Å²) >= 11 is 0. The van der Waals surface area contributed by atoms with Gasteiger partial charge in [-0.3, -0.25) is 0 Å². The van der Waals surface area contributed by atoms with Crippen LogP contribution in [0.25, 0.3) is 21.5 Å². The van der Waals surface area contributed by atoms with Crippen molar-refractivity contribution in [3.63, 3.8) is 0 Å². The Bertz CT molecular complexity index is 1230. The van der Waals surface area contributed by atoms with Crippen LogP contribution in [0.2, 0.25) is 0 Å². The Kier molecular flexibility index (Phi) is 5.49. The third kappa shape index (κ3) is 3.96. The lowest BCUT2D eigenvalue weighted by Crippen LogP contribution is -2.09. The first-order chi connectivity index (χ1) is 15.3. The van der Waals surface area contributed by atoms with E-state index in [1.165, 1.54) is 59.8 Å². The zero-order chi connectivity index (χ0) is 21.0. The molecule has 0 radical (unpaired) electrons. The molecule has 0 bridgehead atoms. The summed E-state index contributed by atoms with van der Waals surface area (Å²) in [4.78, 5) is 0. The third-order valence-corrected chi connectivity index (χ3v) is 6.18. The smallest absolute Gasteiger partial charge is 0.292 e. The van der Waals surface area contributed by atoms with Crippen LogP contribution in [0.4, 0.5) is 0 Å². The molecule has 3 aromatic carbocycles. The van der Waals surface area contributed by atoms with Gasteiger partial charge >= 0.3 is 0 Å². The lowest BCUT2D eigenvalue weighted by Gasteiger charge is -2.26. The second kappa shape index (κ2) is 8.73. The van der Waals surface area contributed by atoms with Gasteiger partial charge in [-0.2, -0.15) is 0 Å². The minimum atomic E-state index is 0.431. The SMILES string of the molecule is CCC1CCCc2c1ccc1c2ccc2ccccc21.c1coc(Oc2ccco2)c1. The number of fused-ring (bicyclic) bond motifs is 5. The maximum atomic E-state index is 5.12. The molecule has 2 heterocycles. The first-order valence-electron chi connectivity index (χ1n) is 11.0. The van der Waals surface area contributed by atoms with E-state index in [1.54, 1.807) is 35.4 Å². The van der Waals surface area contributed by atoms with Gasteiger partial charge in [0.05, 0.1) is 12.5 Å². The molecule has 0 spiro atoms. The maximum Gasteiger partial charge on any atom is 0.292 e. The van der Waals surface area contributed by atoms with Gasteiger partial charge in [-0.1, -0.05) is 55.5 Å². The Balaban J connectivity index is 0.000000157. The number of rotatable bonds is 3. The van der Waals surface area contributed by atoms with Crippen LogP contribution in [0.3, 0.4) is 0 Å². The van der Waals surface area contributed by atoms with Gasteiger partial charge in [0.15, 0.2) is 0 Å². The van der Waals surface area contributed by atoms with Crippen molar-refractivity contribution in [1.29, 1.82) is 0 Å². The average Bonchev–Trinajstić information content (AvgIpc) is 3.53. The van der Waals surface area contributed by atoms with E-state index in [1.807, 2.05) is 0 Å². The van der Waals surface area contributed by atoms with Crippen LogP contribution in [-0.2, 0) is 6.42 Å². The highest BCUT2D eigenvalue weighted by atomic mass is 16.6. The molecule has 3 nitrogen and oxygen atoms in total. The standard InChI is InChI=1S/C20H20.C8H6O3/c1-2-14-7-5-9-18-17(14)12-13-19-16-8-4-3-6-15(16)10-11-20(18)19;1-3-7(9-5-1)11-8-4-2-6-10-8/h3-4,6,8,10-14H,2,5,7,9H2,1H3;1-6H. The van der Waals surface area contributed by atoms with E-state index in [-0.39, 0.29) is 0 Å². The van der Waals surface area contributed by atoms with Crippen LogP contribution in [0, 0.1) is 0 Å². The molecule has 6 rings (SSSR count). The van der Waals surface area contributed by atoms with Crippen molar-refractivity contribution in [3.8, 4) is 11.9 Å². The van der Waals surface area contributed by atoms with Crippen molar-refractivity contribution >= 4 is 21.5 Å². The highest BCUT2D eigenvalue weighted by Gasteiger charge is 2.20. The summed E-state index contributed by atoms with van der Waals surface area (Å²) in [5.41, 5.74) is 3.23. The summed E-state index contributed by atoms with van der Waals surface area (Å²) in [7, 11) is 0. The van der Waals surface area contributed by atoms with E-state index in [4.69, 9.17) is 13.6 Å². The molecule has 0 saturated carbocycles. The minimum Gasteiger partial charge on any atom is -0.434 e. The van der Waals surface area contributed by atoms with Crippen LogP contribution in [0.15, 0.2) is 94.2 Å². The summed E-state index contributed by atoms with van der Waals surface area (Å²) < 4.78 is 15.0. The van der Waals surface area contributed by atoms with Crippen LogP contribution in [-0.4, -0.2) is 0 Å². The lowest BCUT2D eigenvalue weighted by atomic mass is 9.79. The Morgan fingerprint density at radius 3 is 2.23 bits per heavy atom. The van der Waals surface area contributed by atoms with Crippen LogP contribution < -0.4 is 4.74 Å². The number of hydrogen-bond acceptors (Lipinski definition) is 3. The highest BCUT2D eigenvalue weighted by Crippen LogP contribution is 2.39. The number of ether oxygens (including phenoxy) is 1. The van der Waals surface area contributed by atoms with Gasteiger partial charge in [0, 0.05) is 12.1 Å². The third-order valence-electron chi connectivity index (χ3n) is 6.18. The summed E-state index contributed by atoms with van der Waals surface area (Å²) in [6.45, 7) is 2.32. The molecule has 1 aliphatic carbocycles. The summed E-state index contributed by atoms with van der Waals surface area (Å²) in [6, 6.07) is 25.0. The van der Waals surface area contributed by atoms with E-state index in [2.05, 4.69) is 55.5 Å². The number of furan rings is 2. The van der Waals surface area contributed by atoms with E-state index in [9.17, 15) is 0 Å². The fraction of sp³-hybridized carbons (Fsp3) is 0.214. The highest BCUT2D eigenvalue weighted by molar-refractivity contribution is 6.08. The molecule has 156 valence electrons. The van der Waals surface area contributed by atoms with E-state index >= 15 is 0 Å². The fourth-order valence-electron chi connectivity index (χ4n) is 4.68. The average molecular weight is 411 g/mol. The summed E-state index contributed by atoms with van der Waals surface area (Å²) in [5.74, 6) is 1.63. The lowest BCUT2D eigenvalue weighted by molar-refractivity contribution is 0.280. The second-order valence-corrected chi connectivity index (χ2v) is 7.98. The minimum absolute atomic E-state index is 0.431. The number of aryl methyl sites for hydroxylation is 1. The Hall–Kier alpha value is -3.46. The first kappa shape index (κ1) is 19.5. The zero-order valence-electron chi connectivity index (χ0n) is 17.7.